The molecule has 0 aromatic heterocycles. The van der Waals surface area contributed by atoms with Crippen LogP contribution in [0.2, 0.25) is 0 Å². The SMILES string of the molecule is CCC1(CC)CN(CC2CCC2)C(C(C)C)CN1. The molecule has 2 heteroatoms. The summed E-state index contributed by atoms with van der Waals surface area (Å²) in [6.45, 7) is 13.2. The molecule has 0 spiro atoms. The molecular formula is C16H32N2. The first-order valence-corrected chi connectivity index (χ1v) is 8.09. The van der Waals surface area contributed by atoms with Crippen LogP contribution in [-0.2, 0) is 0 Å². The van der Waals surface area contributed by atoms with Crippen LogP contribution in [0.3, 0.4) is 0 Å². The summed E-state index contributed by atoms with van der Waals surface area (Å²) in [5.74, 6) is 1.76. The fraction of sp³-hybridized carbons (Fsp3) is 1.00. The van der Waals surface area contributed by atoms with Gasteiger partial charge in [0.05, 0.1) is 0 Å². The predicted octanol–water partition coefficient (Wildman–Crippen LogP) is 3.28. The number of nitrogens with one attached hydrogen (secondary N) is 1. The van der Waals surface area contributed by atoms with Gasteiger partial charge in [-0.25, -0.2) is 0 Å². The molecule has 1 aliphatic carbocycles. The Morgan fingerprint density at radius 1 is 1.22 bits per heavy atom. The molecule has 0 amide bonds. The van der Waals surface area contributed by atoms with Gasteiger partial charge in [0.15, 0.2) is 0 Å². The van der Waals surface area contributed by atoms with Gasteiger partial charge >= 0.3 is 0 Å². The maximum Gasteiger partial charge on any atom is 0.0304 e. The normalized spacial score (nSPS) is 29.5. The summed E-state index contributed by atoms with van der Waals surface area (Å²) >= 11 is 0. The summed E-state index contributed by atoms with van der Waals surface area (Å²) < 4.78 is 0. The second-order valence-electron chi connectivity index (χ2n) is 6.91. The van der Waals surface area contributed by atoms with Crippen LogP contribution in [0.5, 0.6) is 0 Å². The van der Waals surface area contributed by atoms with Gasteiger partial charge in [0, 0.05) is 31.2 Å². The first-order chi connectivity index (χ1) is 8.60. The van der Waals surface area contributed by atoms with E-state index in [0.29, 0.717) is 5.54 Å². The Labute approximate surface area is 114 Å². The van der Waals surface area contributed by atoms with Crippen molar-refractivity contribution in [1.29, 1.82) is 0 Å². The molecule has 0 bridgehead atoms. The largest absolute Gasteiger partial charge is 0.308 e. The highest BCUT2D eigenvalue weighted by Crippen LogP contribution is 2.31. The number of nitrogens with zero attached hydrogens (tertiary/aromatic N) is 1. The van der Waals surface area contributed by atoms with Gasteiger partial charge < -0.3 is 5.32 Å². The van der Waals surface area contributed by atoms with E-state index in [2.05, 4.69) is 37.9 Å². The second kappa shape index (κ2) is 5.92. The standard InChI is InChI=1S/C16H32N2/c1-5-16(6-2)12-18(11-14-8-7-9-14)15(10-17-16)13(3)4/h13-15,17H,5-12H2,1-4H3. The van der Waals surface area contributed by atoms with Gasteiger partial charge in [0.1, 0.15) is 0 Å². The molecule has 0 aromatic rings. The molecule has 1 saturated heterocycles. The lowest BCUT2D eigenvalue weighted by Crippen LogP contribution is -2.65. The van der Waals surface area contributed by atoms with Crippen LogP contribution in [0.1, 0.15) is 59.8 Å². The van der Waals surface area contributed by atoms with Crippen molar-refractivity contribution >= 4 is 0 Å². The van der Waals surface area contributed by atoms with Crippen molar-refractivity contribution in [3.63, 3.8) is 0 Å². The lowest BCUT2D eigenvalue weighted by molar-refractivity contribution is 0.0276. The topological polar surface area (TPSA) is 15.3 Å². The van der Waals surface area contributed by atoms with Crippen LogP contribution in [0.4, 0.5) is 0 Å². The number of rotatable bonds is 5. The molecule has 0 radical (unpaired) electrons. The van der Waals surface area contributed by atoms with Gasteiger partial charge in [-0.15, -0.1) is 0 Å². The van der Waals surface area contributed by atoms with Crippen molar-refractivity contribution in [2.75, 3.05) is 19.6 Å². The zero-order valence-electron chi connectivity index (χ0n) is 12.8. The lowest BCUT2D eigenvalue weighted by Gasteiger charge is -2.50. The van der Waals surface area contributed by atoms with E-state index in [1.165, 1.54) is 51.7 Å². The van der Waals surface area contributed by atoms with Crippen LogP contribution >= 0.6 is 0 Å². The quantitative estimate of drug-likeness (QED) is 0.808. The Bertz CT molecular complexity index is 254. The maximum atomic E-state index is 3.86. The number of piperazine rings is 1. The van der Waals surface area contributed by atoms with Gasteiger partial charge in [-0.3, -0.25) is 4.90 Å². The molecule has 1 saturated carbocycles. The molecule has 106 valence electrons. The van der Waals surface area contributed by atoms with Crippen molar-refractivity contribution in [2.45, 2.75) is 71.4 Å². The zero-order chi connectivity index (χ0) is 13.2. The van der Waals surface area contributed by atoms with Gasteiger partial charge in [-0.05, 0) is 37.5 Å². The minimum atomic E-state index is 0.384. The van der Waals surface area contributed by atoms with E-state index in [1.807, 2.05) is 0 Å². The molecule has 2 fully saturated rings. The van der Waals surface area contributed by atoms with E-state index in [9.17, 15) is 0 Å². The molecule has 0 aromatic carbocycles. The highest BCUT2D eigenvalue weighted by molar-refractivity contribution is 4.98. The van der Waals surface area contributed by atoms with E-state index in [1.54, 1.807) is 0 Å². The van der Waals surface area contributed by atoms with E-state index in [4.69, 9.17) is 0 Å². The molecule has 1 N–H and O–H groups in total. The third kappa shape index (κ3) is 2.91. The highest BCUT2D eigenvalue weighted by Gasteiger charge is 2.38. The Morgan fingerprint density at radius 3 is 2.33 bits per heavy atom. The van der Waals surface area contributed by atoms with Crippen LogP contribution in [0.25, 0.3) is 0 Å². The zero-order valence-corrected chi connectivity index (χ0v) is 12.8. The summed E-state index contributed by atoms with van der Waals surface area (Å²) in [5.41, 5.74) is 0.384. The van der Waals surface area contributed by atoms with Gasteiger partial charge in [0.25, 0.3) is 0 Å². The van der Waals surface area contributed by atoms with Crippen molar-refractivity contribution in [3.8, 4) is 0 Å². The minimum Gasteiger partial charge on any atom is -0.308 e. The van der Waals surface area contributed by atoms with Crippen LogP contribution in [0, 0.1) is 11.8 Å². The Kier molecular flexibility index (Phi) is 4.71. The Hall–Kier alpha value is -0.0800. The smallest absolute Gasteiger partial charge is 0.0304 e. The predicted molar refractivity (Wildman–Crippen MR) is 78.9 cm³/mol. The summed E-state index contributed by atoms with van der Waals surface area (Å²) in [5, 5.41) is 3.86. The molecule has 1 aliphatic heterocycles. The van der Waals surface area contributed by atoms with Crippen LogP contribution in [0.15, 0.2) is 0 Å². The van der Waals surface area contributed by atoms with Crippen molar-refractivity contribution < 1.29 is 0 Å². The average Bonchev–Trinajstić information content (AvgIpc) is 2.33. The minimum absolute atomic E-state index is 0.384. The summed E-state index contributed by atoms with van der Waals surface area (Å²) in [6, 6.07) is 0.747. The second-order valence-corrected chi connectivity index (χ2v) is 6.91. The molecular weight excluding hydrogens is 220 g/mol. The molecule has 2 nitrogen and oxygen atoms in total. The van der Waals surface area contributed by atoms with Gasteiger partial charge in [-0.2, -0.15) is 0 Å². The molecule has 1 atom stereocenters. The van der Waals surface area contributed by atoms with Crippen molar-refractivity contribution in [1.82, 2.24) is 10.2 Å². The fourth-order valence-electron chi connectivity index (χ4n) is 3.60. The third-order valence-electron chi connectivity index (χ3n) is 5.50. The monoisotopic (exact) mass is 252 g/mol. The van der Waals surface area contributed by atoms with E-state index < -0.39 is 0 Å². The summed E-state index contributed by atoms with van der Waals surface area (Å²) in [6.07, 6.45) is 6.93. The van der Waals surface area contributed by atoms with Gasteiger partial charge in [0.2, 0.25) is 0 Å². The van der Waals surface area contributed by atoms with Gasteiger partial charge in [-0.1, -0.05) is 34.1 Å². The van der Waals surface area contributed by atoms with Crippen LogP contribution in [-0.4, -0.2) is 36.1 Å². The average molecular weight is 252 g/mol. The molecule has 2 aliphatic rings. The molecule has 2 rings (SSSR count). The molecule has 18 heavy (non-hydrogen) atoms. The van der Waals surface area contributed by atoms with Crippen molar-refractivity contribution in [2.24, 2.45) is 11.8 Å². The Morgan fingerprint density at radius 2 is 1.89 bits per heavy atom. The Balaban J connectivity index is 2.02. The molecule has 1 unspecified atom stereocenters. The summed E-state index contributed by atoms with van der Waals surface area (Å²) in [7, 11) is 0. The van der Waals surface area contributed by atoms with E-state index in [0.717, 1.165) is 17.9 Å². The first kappa shape index (κ1) is 14.3. The van der Waals surface area contributed by atoms with E-state index in [-0.39, 0.29) is 0 Å². The third-order valence-corrected chi connectivity index (χ3v) is 5.50. The fourth-order valence-corrected chi connectivity index (χ4v) is 3.60. The lowest BCUT2D eigenvalue weighted by atomic mass is 9.81. The number of hydrogen-bond donors (Lipinski definition) is 1. The first-order valence-electron chi connectivity index (χ1n) is 8.09. The van der Waals surface area contributed by atoms with Crippen molar-refractivity contribution in [3.05, 3.63) is 0 Å². The van der Waals surface area contributed by atoms with E-state index >= 15 is 0 Å². The van der Waals surface area contributed by atoms with Crippen LogP contribution < -0.4 is 5.32 Å². The number of hydrogen-bond acceptors (Lipinski definition) is 2. The maximum absolute atomic E-state index is 3.86. The molecule has 1 heterocycles. The summed E-state index contributed by atoms with van der Waals surface area (Å²) in [4.78, 5) is 2.82. The highest BCUT2D eigenvalue weighted by atomic mass is 15.3.